The molecule has 0 radical (unpaired) electrons. The molecule has 1 aromatic rings. The van der Waals surface area contributed by atoms with Gasteiger partial charge in [-0.1, -0.05) is 24.3 Å². The second-order valence-corrected chi connectivity index (χ2v) is 5.10. The van der Waals surface area contributed by atoms with E-state index in [9.17, 15) is 15.0 Å². The van der Waals surface area contributed by atoms with Crippen LogP contribution in [0.1, 0.15) is 36.0 Å². The number of hydrogen-bond acceptors (Lipinski definition) is 5. The zero-order valence-corrected chi connectivity index (χ0v) is 11.6. The average molecular weight is 279 g/mol. The number of methoxy groups -OCH3 is 1. The zero-order valence-electron chi connectivity index (χ0n) is 11.6. The van der Waals surface area contributed by atoms with Crippen LogP contribution < -0.4 is 5.32 Å². The van der Waals surface area contributed by atoms with Crippen molar-refractivity contribution < 1.29 is 19.7 Å². The third-order valence-electron chi connectivity index (χ3n) is 3.83. The summed E-state index contributed by atoms with van der Waals surface area (Å²) in [6.07, 6.45) is -0.603. The Morgan fingerprint density at radius 1 is 1.25 bits per heavy atom. The van der Waals surface area contributed by atoms with Crippen molar-refractivity contribution >= 4 is 5.97 Å². The van der Waals surface area contributed by atoms with Crippen LogP contribution in [0.3, 0.4) is 0 Å². The van der Waals surface area contributed by atoms with E-state index in [1.165, 1.54) is 12.7 Å². The fraction of sp³-hybridized carbons (Fsp3) is 0.533. The Morgan fingerprint density at radius 2 is 1.85 bits per heavy atom. The Morgan fingerprint density at radius 3 is 2.40 bits per heavy atom. The van der Waals surface area contributed by atoms with Crippen LogP contribution >= 0.6 is 0 Å². The van der Waals surface area contributed by atoms with Crippen molar-refractivity contribution in [3.63, 3.8) is 0 Å². The van der Waals surface area contributed by atoms with Crippen molar-refractivity contribution in [3.05, 3.63) is 35.4 Å². The molecule has 3 N–H and O–H groups in total. The van der Waals surface area contributed by atoms with Crippen molar-refractivity contribution in [2.24, 2.45) is 0 Å². The number of hydrogen-bond donors (Lipinski definition) is 3. The van der Waals surface area contributed by atoms with Gasteiger partial charge in [0.15, 0.2) is 6.10 Å². The predicted molar refractivity (Wildman–Crippen MR) is 74.3 cm³/mol. The van der Waals surface area contributed by atoms with Gasteiger partial charge in [-0.25, -0.2) is 4.79 Å². The molecule has 0 aromatic heterocycles. The molecule has 20 heavy (non-hydrogen) atoms. The molecule has 0 saturated carbocycles. The maximum absolute atomic E-state index is 11.2. The monoisotopic (exact) mass is 279 g/mol. The highest BCUT2D eigenvalue weighted by molar-refractivity contribution is 5.75. The first-order valence-corrected chi connectivity index (χ1v) is 6.88. The number of carbonyl (C=O) groups is 1. The minimum absolute atomic E-state index is 0.514. The molecule has 1 fully saturated rings. The van der Waals surface area contributed by atoms with E-state index in [1.54, 1.807) is 12.1 Å². The molecule has 1 aliphatic rings. The summed E-state index contributed by atoms with van der Waals surface area (Å²) in [5, 5.41) is 22.9. The van der Waals surface area contributed by atoms with Crippen LogP contribution in [0.5, 0.6) is 0 Å². The summed E-state index contributed by atoms with van der Waals surface area (Å²) in [5.74, 6) is -0.298. The highest BCUT2D eigenvalue weighted by Crippen LogP contribution is 2.27. The Labute approximate surface area is 118 Å². The van der Waals surface area contributed by atoms with Gasteiger partial charge in [-0.2, -0.15) is 0 Å². The third-order valence-corrected chi connectivity index (χ3v) is 3.83. The Hall–Kier alpha value is -1.43. The topological polar surface area (TPSA) is 78.8 Å². The second kappa shape index (κ2) is 6.83. The number of benzene rings is 1. The minimum Gasteiger partial charge on any atom is -0.467 e. The van der Waals surface area contributed by atoms with Gasteiger partial charge in [0.25, 0.3) is 0 Å². The highest BCUT2D eigenvalue weighted by atomic mass is 16.5. The molecule has 110 valence electrons. The van der Waals surface area contributed by atoms with Gasteiger partial charge in [-0.3, -0.25) is 0 Å². The van der Waals surface area contributed by atoms with Crippen molar-refractivity contribution in [2.75, 3.05) is 20.2 Å². The smallest absolute Gasteiger partial charge is 0.337 e. The molecule has 2 atom stereocenters. The van der Waals surface area contributed by atoms with E-state index in [1.807, 2.05) is 12.1 Å². The normalized spacial score (nSPS) is 19.4. The van der Waals surface area contributed by atoms with Crippen LogP contribution in [0.25, 0.3) is 0 Å². The van der Waals surface area contributed by atoms with Crippen LogP contribution in [-0.2, 0) is 9.53 Å². The molecular weight excluding hydrogens is 258 g/mol. The maximum Gasteiger partial charge on any atom is 0.337 e. The van der Waals surface area contributed by atoms with E-state index in [2.05, 4.69) is 10.1 Å². The number of aliphatic hydroxyl groups is 2. The fourth-order valence-corrected chi connectivity index (χ4v) is 2.55. The Balaban J connectivity index is 2.05. The van der Waals surface area contributed by atoms with E-state index < -0.39 is 18.2 Å². The van der Waals surface area contributed by atoms with Crippen LogP contribution in [0.4, 0.5) is 0 Å². The lowest BCUT2D eigenvalue weighted by Gasteiger charge is -2.23. The third kappa shape index (κ3) is 3.36. The Bertz CT molecular complexity index is 440. The number of carbonyl (C=O) groups excluding carboxylic acids is 1. The zero-order chi connectivity index (χ0) is 14.5. The molecule has 2 rings (SSSR count). The van der Waals surface area contributed by atoms with Gasteiger partial charge in [0.1, 0.15) is 6.10 Å². The molecular formula is C15H21NO4. The summed E-state index contributed by atoms with van der Waals surface area (Å²) in [6, 6.07) is 7.43. The number of esters is 1. The summed E-state index contributed by atoms with van der Waals surface area (Å²) in [7, 11) is 1.18. The van der Waals surface area contributed by atoms with Crippen LogP contribution in [0.2, 0.25) is 0 Å². The largest absolute Gasteiger partial charge is 0.467 e. The molecule has 1 aromatic carbocycles. The van der Waals surface area contributed by atoms with Gasteiger partial charge in [0.05, 0.1) is 7.11 Å². The van der Waals surface area contributed by atoms with Crippen molar-refractivity contribution in [2.45, 2.75) is 31.0 Å². The van der Waals surface area contributed by atoms with Gasteiger partial charge in [-0.05, 0) is 43.0 Å². The first-order valence-electron chi connectivity index (χ1n) is 6.88. The Kier molecular flexibility index (Phi) is 5.11. The molecule has 0 spiro atoms. The lowest BCUT2D eigenvalue weighted by Crippen LogP contribution is -2.29. The molecule has 1 heterocycles. The minimum atomic E-state index is -1.55. The highest BCUT2D eigenvalue weighted by Gasteiger charge is 2.26. The summed E-state index contributed by atoms with van der Waals surface area (Å²) in [5.41, 5.74) is 1.75. The van der Waals surface area contributed by atoms with E-state index in [0.29, 0.717) is 11.5 Å². The first-order chi connectivity index (χ1) is 9.63. The van der Waals surface area contributed by atoms with Crippen molar-refractivity contribution in [1.82, 2.24) is 5.32 Å². The van der Waals surface area contributed by atoms with Crippen LogP contribution in [0, 0.1) is 0 Å². The number of nitrogens with one attached hydrogen (secondary N) is 1. The summed E-state index contributed by atoms with van der Waals surface area (Å²) in [4.78, 5) is 11.2. The summed E-state index contributed by atoms with van der Waals surface area (Å²) in [6.45, 7) is 2.05. The maximum atomic E-state index is 11.2. The second-order valence-electron chi connectivity index (χ2n) is 5.10. The van der Waals surface area contributed by atoms with Gasteiger partial charge in [-0.15, -0.1) is 0 Å². The molecule has 0 aliphatic carbocycles. The molecule has 1 saturated heterocycles. The summed E-state index contributed by atoms with van der Waals surface area (Å²) >= 11 is 0. The van der Waals surface area contributed by atoms with E-state index in [4.69, 9.17) is 0 Å². The molecule has 1 aliphatic heterocycles. The van der Waals surface area contributed by atoms with Gasteiger partial charge >= 0.3 is 5.97 Å². The van der Waals surface area contributed by atoms with Crippen molar-refractivity contribution in [3.8, 4) is 0 Å². The van der Waals surface area contributed by atoms with E-state index in [0.717, 1.165) is 25.9 Å². The van der Waals surface area contributed by atoms with Gasteiger partial charge < -0.3 is 20.3 Å². The lowest BCUT2D eigenvalue weighted by atomic mass is 9.89. The van der Waals surface area contributed by atoms with Gasteiger partial charge in [0, 0.05) is 0 Å². The summed E-state index contributed by atoms with van der Waals surface area (Å²) < 4.78 is 4.42. The number of piperidine rings is 1. The van der Waals surface area contributed by atoms with E-state index >= 15 is 0 Å². The first kappa shape index (κ1) is 15.0. The predicted octanol–water partition coefficient (Wildman–Crippen LogP) is 0.721. The van der Waals surface area contributed by atoms with Crippen LogP contribution in [0.15, 0.2) is 24.3 Å². The SMILES string of the molecule is COC(=O)C(O)C(O)c1ccc(C2CCNCC2)cc1. The fourth-order valence-electron chi connectivity index (χ4n) is 2.55. The number of ether oxygens (including phenoxy) is 1. The molecule has 5 heteroatoms. The van der Waals surface area contributed by atoms with E-state index in [-0.39, 0.29) is 0 Å². The van der Waals surface area contributed by atoms with Gasteiger partial charge in [0.2, 0.25) is 0 Å². The molecule has 2 unspecified atom stereocenters. The lowest BCUT2D eigenvalue weighted by molar-refractivity contribution is -0.156. The molecule has 5 nitrogen and oxygen atoms in total. The number of rotatable bonds is 4. The van der Waals surface area contributed by atoms with Crippen LogP contribution in [-0.4, -0.2) is 42.5 Å². The number of aliphatic hydroxyl groups excluding tert-OH is 2. The average Bonchev–Trinajstić information content (AvgIpc) is 2.53. The molecule has 0 amide bonds. The quantitative estimate of drug-likeness (QED) is 0.708. The van der Waals surface area contributed by atoms with Crippen molar-refractivity contribution in [1.29, 1.82) is 0 Å². The molecule has 0 bridgehead atoms. The standard InChI is InChI=1S/C15H21NO4/c1-20-15(19)14(18)13(17)12-4-2-10(3-5-12)11-6-8-16-9-7-11/h2-5,11,13-14,16-18H,6-9H2,1H3.